The van der Waals surface area contributed by atoms with Crippen molar-refractivity contribution < 1.29 is 0 Å². The maximum atomic E-state index is 4.63. The Hall–Kier alpha value is -4.36. The van der Waals surface area contributed by atoms with E-state index >= 15 is 0 Å². The van der Waals surface area contributed by atoms with Gasteiger partial charge < -0.3 is 10.3 Å². The molecule has 6 rings (SSSR count). The zero-order valence-corrected chi connectivity index (χ0v) is 18.7. The second kappa shape index (κ2) is 8.53. The van der Waals surface area contributed by atoms with Crippen LogP contribution in [0.1, 0.15) is 12.5 Å². The molecule has 0 radical (unpaired) electrons. The van der Waals surface area contributed by atoms with E-state index in [1.54, 1.807) is 6.20 Å². The minimum Gasteiger partial charge on any atom is -0.338 e. The number of pyridine rings is 3. The van der Waals surface area contributed by atoms with Crippen LogP contribution in [0.3, 0.4) is 0 Å². The molecule has 0 saturated heterocycles. The Morgan fingerprint density at radius 2 is 1.79 bits per heavy atom. The van der Waals surface area contributed by atoms with E-state index in [1.165, 1.54) is 0 Å². The number of hydrogen-bond donors (Lipinski definition) is 3. The van der Waals surface area contributed by atoms with Crippen molar-refractivity contribution in [3.63, 3.8) is 0 Å². The van der Waals surface area contributed by atoms with Gasteiger partial charge in [0.05, 0.1) is 11.2 Å². The molecule has 34 heavy (non-hydrogen) atoms. The Balaban J connectivity index is 1.44. The van der Waals surface area contributed by atoms with Gasteiger partial charge in [-0.15, -0.1) is 0 Å². The summed E-state index contributed by atoms with van der Waals surface area (Å²) in [6, 6.07) is 16.7. The lowest BCUT2D eigenvalue weighted by molar-refractivity contribution is 0.724. The van der Waals surface area contributed by atoms with E-state index in [1.807, 2.05) is 36.9 Å². The molecular formula is C27H23N7. The Morgan fingerprint density at radius 3 is 2.68 bits per heavy atom. The summed E-state index contributed by atoms with van der Waals surface area (Å²) in [5.41, 5.74) is 9.08. The molecule has 166 valence electrons. The van der Waals surface area contributed by atoms with Crippen molar-refractivity contribution in [3.8, 4) is 33.6 Å². The van der Waals surface area contributed by atoms with Gasteiger partial charge in [-0.25, -0.2) is 4.98 Å². The normalized spacial score (nSPS) is 11.4. The fourth-order valence-electron chi connectivity index (χ4n) is 4.34. The molecule has 0 saturated carbocycles. The van der Waals surface area contributed by atoms with E-state index < -0.39 is 0 Å². The number of rotatable bonds is 6. The van der Waals surface area contributed by atoms with E-state index in [0.29, 0.717) is 0 Å². The second-order valence-corrected chi connectivity index (χ2v) is 8.24. The summed E-state index contributed by atoms with van der Waals surface area (Å²) in [5, 5.41) is 13.2. The van der Waals surface area contributed by atoms with Crippen LogP contribution >= 0.6 is 0 Å². The van der Waals surface area contributed by atoms with Crippen LogP contribution in [0.5, 0.6) is 0 Å². The third kappa shape index (κ3) is 3.62. The lowest BCUT2D eigenvalue weighted by atomic mass is 10.0. The van der Waals surface area contributed by atoms with Gasteiger partial charge in [-0.1, -0.05) is 19.1 Å². The zero-order valence-electron chi connectivity index (χ0n) is 18.7. The van der Waals surface area contributed by atoms with Crippen molar-refractivity contribution in [2.24, 2.45) is 0 Å². The molecule has 0 aliphatic rings. The molecule has 5 heterocycles. The molecule has 0 amide bonds. The summed E-state index contributed by atoms with van der Waals surface area (Å²) in [6.07, 6.45) is 9.28. The molecule has 0 unspecified atom stereocenters. The van der Waals surface area contributed by atoms with E-state index in [4.69, 9.17) is 0 Å². The largest absolute Gasteiger partial charge is 0.338 e. The van der Waals surface area contributed by atoms with Crippen LogP contribution in [-0.4, -0.2) is 36.7 Å². The van der Waals surface area contributed by atoms with Crippen LogP contribution in [-0.2, 0) is 6.54 Å². The molecular weight excluding hydrogens is 422 g/mol. The first-order valence-corrected chi connectivity index (χ1v) is 11.3. The SMILES string of the molecule is CCNCc1cncc(-c2ccc3[nH]nc(-c4cc5c(-c6cccnc6)ccnc5[nH]4)c3c2)c1. The number of nitrogens with zero attached hydrogens (tertiary/aromatic N) is 4. The third-order valence-corrected chi connectivity index (χ3v) is 6.03. The van der Waals surface area contributed by atoms with Crippen molar-refractivity contribution in [2.75, 3.05) is 6.54 Å². The van der Waals surface area contributed by atoms with Gasteiger partial charge in [-0.3, -0.25) is 15.1 Å². The van der Waals surface area contributed by atoms with E-state index in [2.05, 4.69) is 78.8 Å². The Labute approximate surface area is 196 Å². The lowest BCUT2D eigenvalue weighted by Crippen LogP contribution is -2.11. The first-order valence-electron chi connectivity index (χ1n) is 11.3. The first kappa shape index (κ1) is 20.3. The van der Waals surface area contributed by atoms with Crippen LogP contribution in [0, 0.1) is 0 Å². The Bertz CT molecular complexity index is 1600. The predicted octanol–water partition coefficient (Wildman–Crippen LogP) is 5.34. The molecule has 0 atom stereocenters. The minimum absolute atomic E-state index is 0.803. The average Bonchev–Trinajstić information content (AvgIpc) is 3.51. The molecule has 0 fully saturated rings. The fraction of sp³-hybridized carbons (Fsp3) is 0.111. The first-order chi connectivity index (χ1) is 16.8. The van der Waals surface area contributed by atoms with E-state index in [0.717, 1.165) is 74.2 Å². The molecule has 1 aromatic carbocycles. The van der Waals surface area contributed by atoms with Crippen LogP contribution in [0.2, 0.25) is 0 Å². The van der Waals surface area contributed by atoms with E-state index in [-0.39, 0.29) is 0 Å². The van der Waals surface area contributed by atoms with Gasteiger partial charge in [0.25, 0.3) is 0 Å². The number of aromatic nitrogens is 6. The van der Waals surface area contributed by atoms with Crippen molar-refractivity contribution in [2.45, 2.75) is 13.5 Å². The number of benzene rings is 1. The van der Waals surface area contributed by atoms with Crippen molar-refractivity contribution in [1.82, 2.24) is 35.5 Å². The summed E-state index contributed by atoms with van der Waals surface area (Å²) < 4.78 is 0. The number of H-pyrrole nitrogens is 2. The van der Waals surface area contributed by atoms with Gasteiger partial charge in [0, 0.05) is 59.4 Å². The number of aromatic amines is 2. The minimum atomic E-state index is 0.803. The summed E-state index contributed by atoms with van der Waals surface area (Å²) in [7, 11) is 0. The van der Waals surface area contributed by atoms with Crippen molar-refractivity contribution in [3.05, 3.63) is 85.1 Å². The molecule has 0 bridgehead atoms. The highest BCUT2D eigenvalue weighted by atomic mass is 15.1. The topological polar surface area (TPSA) is 95.2 Å². The van der Waals surface area contributed by atoms with Gasteiger partial charge in [0.2, 0.25) is 0 Å². The smallest absolute Gasteiger partial charge is 0.138 e. The highest BCUT2D eigenvalue weighted by molar-refractivity contribution is 6.00. The molecule has 6 aromatic rings. The quantitative estimate of drug-likeness (QED) is 0.322. The molecule has 0 spiro atoms. The molecule has 7 heteroatoms. The van der Waals surface area contributed by atoms with Crippen LogP contribution < -0.4 is 5.32 Å². The fourth-order valence-corrected chi connectivity index (χ4v) is 4.34. The van der Waals surface area contributed by atoms with Crippen LogP contribution in [0.15, 0.2) is 79.5 Å². The van der Waals surface area contributed by atoms with Crippen LogP contribution in [0.25, 0.3) is 55.6 Å². The highest BCUT2D eigenvalue weighted by Gasteiger charge is 2.15. The monoisotopic (exact) mass is 445 g/mol. The van der Waals surface area contributed by atoms with Gasteiger partial charge in [0.15, 0.2) is 0 Å². The lowest BCUT2D eigenvalue weighted by Gasteiger charge is -2.06. The third-order valence-electron chi connectivity index (χ3n) is 6.03. The van der Waals surface area contributed by atoms with Crippen LogP contribution in [0.4, 0.5) is 0 Å². The maximum Gasteiger partial charge on any atom is 0.138 e. The molecule has 0 aliphatic carbocycles. The Morgan fingerprint density at radius 1 is 0.853 bits per heavy atom. The summed E-state index contributed by atoms with van der Waals surface area (Å²) in [4.78, 5) is 16.7. The van der Waals surface area contributed by atoms with E-state index in [9.17, 15) is 0 Å². The zero-order chi connectivity index (χ0) is 22.9. The maximum absolute atomic E-state index is 4.63. The number of nitrogens with one attached hydrogen (secondary N) is 3. The van der Waals surface area contributed by atoms with Gasteiger partial charge in [0.1, 0.15) is 11.3 Å². The highest BCUT2D eigenvalue weighted by Crippen LogP contribution is 2.34. The molecule has 3 N–H and O–H groups in total. The van der Waals surface area contributed by atoms with Crippen molar-refractivity contribution >= 4 is 21.9 Å². The van der Waals surface area contributed by atoms with Crippen molar-refractivity contribution in [1.29, 1.82) is 0 Å². The van der Waals surface area contributed by atoms with Gasteiger partial charge in [-0.2, -0.15) is 5.10 Å². The van der Waals surface area contributed by atoms with Gasteiger partial charge >= 0.3 is 0 Å². The average molecular weight is 446 g/mol. The standard InChI is InChI=1S/C27H23N7/c1-2-28-13-17-10-20(16-30-14-17)18-5-6-24-23(11-18)26(34-33-24)25-12-22-21(7-9-31-27(22)32-25)19-4-3-8-29-15-19/h3-12,14-16,28H,2,13H2,1H3,(H,31,32)(H,33,34). The molecule has 5 aromatic heterocycles. The second-order valence-electron chi connectivity index (χ2n) is 8.24. The summed E-state index contributed by atoms with van der Waals surface area (Å²) in [5.74, 6) is 0. The number of fused-ring (bicyclic) bond motifs is 2. The molecule has 7 nitrogen and oxygen atoms in total. The molecule has 0 aliphatic heterocycles. The van der Waals surface area contributed by atoms with Gasteiger partial charge in [-0.05, 0) is 59.6 Å². The number of hydrogen-bond acceptors (Lipinski definition) is 5. The predicted molar refractivity (Wildman–Crippen MR) is 135 cm³/mol. The summed E-state index contributed by atoms with van der Waals surface area (Å²) in [6.45, 7) is 3.83. The summed E-state index contributed by atoms with van der Waals surface area (Å²) >= 11 is 0. The Kier molecular flexibility index (Phi) is 5.08.